The molecule has 0 radical (unpaired) electrons. The fourth-order valence-electron chi connectivity index (χ4n) is 4.25. The van der Waals surface area contributed by atoms with E-state index in [9.17, 15) is 0 Å². The molecule has 4 aromatic rings. The van der Waals surface area contributed by atoms with Gasteiger partial charge in [0.2, 0.25) is 0 Å². The van der Waals surface area contributed by atoms with Crippen LogP contribution in [0, 0.1) is 0 Å². The molecule has 4 aromatic carbocycles. The van der Waals surface area contributed by atoms with Gasteiger partial charge in [-0.1, -0.05) is 0 Å². The molecule has 0 N–H and O–H groups in total. The Kier molecular flexibility index (Phi) is 2.90. The average Bonchev–Trinajstić information content (AvgIpc) is 3.28. The Morgan fingerprint density at radius 3 is 0.931 bits per heavy atom. The average molecular weight is 401 g/mol. The van der Waals surface area contributed by atoms with E-state index >= 15 is 0 Å². The van der Waals surface area contributed by atoms with Crippen molar-refractivity contribution in [2.75, 3.05) is 0 Å². The van der Waals surface area contributed by atoms with Crippen molar-refractivity contribution in [1.82, 2.24) is 0 Å². The molecule has 5 heteroatoms. The molecule has 0 fully saturated rings. The Balaban J connectivity index is 1.80. The summed E-state index contributed by atoms with van der Waals surface area (Å²) in [7, 11) is 0. The van der Waals surface area contributed by atoms with Gasteiger partial charge in [-0.2, -0.15) is 0 Å². The summed E-state index contributed by atoms with van der Waals surface area (Å²) in [5.74, 6) is 2.35. The van der Waals surface area contributed by atoms with E-state index in [1.807, 2.05) is 109 Å². The summed E-state index contributed by atoms with van der Waals surface area (Å²) in [6.07, 6.45) is 0. The first-order valence-electron chi connectivity index (χ1n) is 9.47. The zero-order valence-corrected chi connectivity index (χ0v) is 16.4. The molecule has 0 saturated carbocycles. The Bertz CT molecular complexity index is 1090. The number of rotatable bonds is 2. The van der Waals surface area contributed by atoms with Gasteiger partial charge in [-0.15, -0.1) is 0 Å². The van der Waals surface area contributed by atoms with E-state index in [1.54, 1.807) is 0 Å². The zero-order chi connectivity index (χ0) is 19.4. The molecule has 6 rings (SSSR count). The van der Waals surface area contributed by atoms with Gasteiger partial charge >= 0.3 is 168 Å². The van der Waals surface area contributed by atoms with E-state index in [2.05, 4.69) is 0 Å². The Morgan fingerprint density at radius 2 is 0.621 bits per heavy atom. The van der Waals surface area contributed by atoms with Gasteiger partial charge in [0.05, 0.1) is 0 Å². The van der Waals surface area contributed by atoms with Gasteiger partial charge in [-0.05, 0) is 0 Å². The predicted molar refractivity (Wildman–Crippen MR) is 114 cm³/mol. The minimum absolute atomic E-state index is 0.587. The van der Waals surface area contributed by atoms with E-state index in [0.717, 1.165) is 0 Å². The summed E-state index contributed by atoms with van der Waals surface area (Å²) in [4.78, 5) is 0. The van der Waals surface area contributed by atoms with E-state index in [1.165, 1.54) is 0 Å². The van der Waals surface area contributed by atoms with Crippen LogP contribution < -0.4 is 28.7 Å². The van der Waals surface area contributed by atoms with Crippen molar-refractivity contribution >= 4 is 17.5 Å². The molecule has 144 valence electrons. The molecule has 0 aromatic heterocycles. The van der Waals surface area contributed by atoms with Crippen LogP contribution in [-0.2, 0) is 0 Å². The van der Waals surface area contributed by atoms with E-state index < -0.39 is 6.85 Å². The van der Waals surface area contributed by atoms with Gasteiger partial charge in [-0.25, -0.2) is 0 Å². The van der Waals surface area contributed by atoms with E-state index in [-0.39, 0.29) is 0 Å². The topological polar surface area (TPSA) is 36.9 Å². The summed E-state index contributed by atoms with van der Waals surface area (Å²) in [5, 5.41) is 1.41. The van der Waals surface area contributed by atoms with Gasteiger partial charge in [0.1, 0.15) is 0 Å². The van der Waals surface area contributed by atoms with Crippen molar-refractivity contribution in [1.29, 1.82) is 0 Å². The van der Waals surface area contributed by atoms with Gasteiger partial charge in [0.25, 0.3) is 0 Å². The van der Waals surface area contributed by atoms with Crippen molar-refractivity contribution in [3.05, 3.63) is 109 Å². The van der Waals surface area contributed by atoms with Gasteiger partial charge in [0, 0.05) is 0 Å². The van der Waals surface area contributed by atoms with Crippen molar-refractivity contribution in [2.24, 2.45) is 0 Å². The number of para-hydroxylation sites is 4. The van der Waals surface area contributed by atoms with Crippen LogP contribution >= 0.6 is 6.85 Å². The van der Waals surface area contributed by atoms with Gasteiger partial charge in [0.15, 0.2) is 0 Å². The second kappa shape index (κ2) is 5.11. The van der Waals surface area contributed by atoms with E-state index in [0.29, 0.717) is 33.6 Å². The molecule has 29 heavy (non-hydrogen) atoms. The van der Waals surface area contributed by atoms with Crippen LogP contribution in [0.3, 0.4) is 0 Å². The molecule has 0 amide bonds. The Hall–Kier alpha value is -3.49. The third-order valence-electron chi connectivity index (χ3n) is 5.52. The first-order chi connectivity index (χ1) is 14.2. The molecule has 2 aliphatic rings. The van der Waals surface area contributed by atoms with Crippen molar-refractivity contribution in [2.45, 2.75) is 0 Å². The van der Waals surface area contributed by atoms with Crippen LogP contribution in [0.5, 0.6) is 23.0 Å². The second-order valence-electron chi connectivity index (χ2n) is 7.22. The van der Waals surface area contributed by atoms with E-state index in [4.69, 9.17) is 18.1 Å². The Morgan fingerprint density at radius 1 is 0.345 bits per heavy atom. The Labute approximate surface area is 168 Å². The monoisotopic (exact) mass is 401 g/mol. The molecule has 0 atom stereocenters. The first-order valence-corrected chi connectivity index (χ1v) is 11.8. The summed E-state index contributed by atoms with van der Waals surface area (Å²) < 4.78 is 27.4. The molecule has 4 nitrogen and oxygen atoms in total. The normalized spacial score (nSPS) is 20.8. The van der Waals surface area contributed by atoms with Crippen LogP contribution in [0.1, 0.15) is 0 Å². The van der Waals surface area contributed by atoms with Crippen molar-refractivity contribution in [3.63, 3.8) is 0 Å². The van der Waals surface area contributed by atoms with Crippen molar-refractivity contribution < 1.29 is 18.1 Å². The maximum absolute atomic E-state index is 6.86. The molecular weight excluding hydrogens is 383 g/mol. The van der Waals surface area contributed by atoms with Crippen LogP contribution in [0.4, 0.5) is 0 Å². The van der Waals surface area contributed by atoms with Gasteiger partial charge < -0.3 is 0 Å². The fourth-order valence-corrected chi connectivity index (χ4v) is 9.59. The molecule has 2 heterocycles. The first kappa shape index (κ1) is 16.5. The zero-order valence-electron chi connectivity index (χ0n) is 15.5. The molecule has 1 spiro atoms. The molecule has 0 unspecified atom stereocenters. The molecular formula is C24H18O4P-. The summed E-state index contributed by atoms with van der Waals surface area (Å²) in [5.41, 5.74) is 0. The minimum atomic E-state index is -5.23. The number of hydrogen-bond donors (Lipinski definition) is 0. The number of hydrogen-bond acceptors (Lipinski definition) is 4. The van der Waals surface area contributed by atoms with Crippen LogP contribution in [0.25, 0.3) is 0 Å². The standard InChI is InChI=1S/C24H18O4P/c1-3-11-19(12-4-1)29(20-13-5-2-6-14-20,25-21-15-7-8-16-22(21)26-29)27-23-17-9-10-18-24(23)28-29/h1-18H/q-1. The maximum atomic E-state index is 6.86. The number of fused-ring (bicyclic) bond motifs is 2. The summed E-state index contributed by atoms with van der Waals surface area (Å²) in [6, 6.07) is 34.6. The summed E-state index contributed by atoms with van der Waals surface area (Å²) >= 11 is 0. The van der Waals surface area contributed by atoms with Crippen molar-refractivity contribution in [3.8, 4) is 23.0 Å². The quantitative estimate of drug-likeness (QED) is 0.426. The third kappa shape index (κ3) is 1.82. The SMILES string of the molecule is c1ccc([P-]23(c4ccccc4)(Oc4ccccc4O2)Oc2ccccc2O3)cc1. The molecule has 2 aliphatic heterocycles. The second-order valence-corrected chi connectivity index (χ2v) is 11.6. The van der Waals surface area contributed by atoms with Crippen LogP contribution in [-0.4, -0.2) is 0 Å². The molecule has 0 aliphatic carbocycles. The van der Waals surface area contributed by atoms with Gasteiger partial charge in [-0.3, -0.25) is 0 Å². The summed E-state index contributed by atoms with van der Waals surface area (Å²) in [6.45, 7) is -5.23. The fraction of sp³-hybridized carbons (Fsp3) is 0. The number of benzene rings is 4. The third-order valence-corrected chi connectivity index (χ3v) is 10.7. The van der Waals surface area contributed by atoms with Crippen LogP contribution in [0.2, 0.25) is 0 Å². The van der Waals surface area contributed by atoms with Crippen LogP contribution in [0.15, 0.2) is 109 Å². The predicted octanol–water partition coefficient (Wildman–Crippen LogP) is 5.33. The molecule has 0 saturated heterocycles. The molecule has 0 bridgehead atoms.